The maximum atomic E-state index is 11.5. The molecule has 0 aromatic rings. The molecule has 0 aromatic heterocycles. The minimum Gasteiger partial charge on any atom is -1.00 e. The van der Waals surface area contributed by atoms with E-state index in [-0.39, 0.29) is 56.6 Å². The largest absolute Gasteiger partial charge is 1.00 e. The van der Waals surface area contributed by atoms with Crippen LogP contribution in [-0.2, 0) is 9.59 Å². The van der Waals surface area contributed by atoms with E-state index in [2.05, 4.69) is 86.6 Å². The lowest BCUT2D eigenvalue weighted by Crippen LogP contribution is -3.00. The highest BCUT2D eigenvalue weighted by Crippen LogP contribution is 2.24. The van der Waals surface area contributed by atoms with Crippen LogP contribution in [0.5, 0.6) is 0 Å². The van der Waals surface area contributed by atoms with Crippen LogP contribution in [0.4, 0.5) is 0 Å². The van der Waals surface area contributed by atoms with Crippen LogP contribution >= 0.6 is 0 Å². The van der Waals surface area contributed by atoms with Crippen molar-refractivity contribution in [2.24, 2.45) is 10.8 Å². The molecular weight excluding hydrogens is 524 g/mol. The molecule has 0 aliphatic rings. The molecule has 0 aliphatic carbocycles. The van der Waals surface area contributed by atoms with Crippen molar-refractivity contribution in [3.8, 4) is 0 Å². The summed E-state index contributed by atoms with van der Waals surface area (Å²) in [5.74, 6) is -0.250. The first-order chi connectivity index (χ1) is 13.0. The number of hydrogen-bond donors (Lipinski definition) is 2. The van der Waals surface area contributed by atoms with Gasteiger partial charge in [0.1, 0.15) is 12.6 Å². The van der Waals surface area contributed by atoms with Gasteiger partial charge >= 0.3 is 0 Å². The molecule has 0 heterocycles. The van der Waals surface area contributed by atoms with Crippen molar-refractivity contribution < 1.29 is 52.5 Å². The number of hydrogen-bond acceptors (Lipinski definition) is 2. The molecule has 184 valence electrons. The molecule has 0 saturated carbocycles. The van der Waals surface area contributed by atoms with Crippen molar-refractivity contribution >= 4 is 11.8 Å². The number of halogens is 2. The second-order valence-electron chi connectivity index (χ2n) is 11.2. The number of carbonyl (C=O) groups is 2. The molecule has 8 heteroatoms. The van der Waals surface area contributed by atoms with E-state index < -0.39 is 0 Å². The Bertz CT molecular complexity index is 602. The van der Waals surface area contributed by atoms with Crippen LogP contribution in [0.3, 0.4) is 0 Å². The Kier molecular flexibility index (Phi) is 15.5. The first-order valence-electron chi connectivity index (χ1n) is 10.4. The third kappa shape index (κ3) is 14.9. The lowest BCUT2D eigenvalue weighted by molar-refractivity contribution is -0.968. The SMILES string of the molecule is C=CC(=O)NCC(C)(C)C[N+](C)(C)CC(C)[N+](C)(C)CC(C)(C)CNC(=O)C=C.[Br-].[Br-]. The van der Waals surface area contributed by atoms with E-state index in [0.29, 0.717) is 19.1 Å². The minimum atomic E-state index is -0.125. The van der Waals surface area contributed by atoms with Gasteiger partial charge in [-0.05, 0) is 19.1 Å². The fourth-order valence-electron chi connectivity index (χ4n) is 4.33. The Balaban J connectivity index is -0.00000392. The summed E-state index contributed by atoms with van der Waals surface area (Å²) in [6.07, 6.45) is 2.63. The fourth-order valence-corrected chi connectivity index (χ4v) is 4.33. The van der Waals surface area contributed by atoms with Crippen molar-refractivity contribution in [3.63, 3.8) is 0 Å². The fraction of sp³-hybridized carbons (Fsp3) is 0.739. The molecule has 6 nitrogen and oxygen atoms in total. The molecule has 0 aromatic carbocycles. The van der Waals surface area contributed by atoms with Crippen molar-refractivity contribution in [3.05, 3.63) is 25.3 Å². The lowest BCUT2D eigenvalue weighted by Gasteiger charge is -2.45. The number of quaternary nitrogens is 2. The van der Waals surface area contributed by atoms with Crippen LogP contribution in [0.25, 0.3) is 0 Å². The average molecular weight is 570 g/mol. The lowest BCUT2D eigenvalue weighted by atomic mass is 9.90. The molecule has 2 amide bonds. The second kappa shape index (κ2) is 13.8. The molecule has 0 radical (unpaired) electrons. The predicted molar refractivity (Wildman–Crippen MR) is 122 cm³/mol. The van der Waals surface area contributed by atoms with Crippen LogP contribution in [0.15, 0.2) is 25.3 Å². The van der Waals surface area contributed by atoms with Crippen molar-refractivity contribution in [2.75, 3.05) is 60.9 Å². The van der Waals surface area contributed by atoms with Gasteiger partial charge in [-0.3, -0.25) is 9.59 Å². The molecule has 1 atom stereocenters. The summed E-state index contributed by atoms with van der Waals surface area (Å²) in [6.45, 7) is 22.2. The van der Waals surface area contributed by atoms with Gasteiger partial charge < -0.3 is 53.6 Å². The maximum Gasteiger partial charge on any atom is 0.243 e. The van der Waals surface area contributed by atoms with Crippen LogP contribution in [-0.4, -0.2) is 87.7 Å². The van der Waals surface area contributed by atoms with E-state index in [1.807, 2.05) is 0 Å². The summed E-state index contributed by atoms with van der Waals surface area (Å²) in [7, 11) is 9.03. The van der Waals surface area contributed by atoms with E-state index in [1.165, 1.54) is 12.2 Å². The number of nitrogens with zero attached hydrogens (tertiary/aromatic N) is 2. The smallest absolute Gasteiger partial charge is 0.243 e. The number of amides is 2. The van der Waals surface area contributed by atoms with Crippen LogP contribution in [0, 0.1) is 10.8 Å². The van der Waals surface area contributed by atoms with Crippen LogP contribution < -0.4 is 44.6 Å². The summed E-state index contributed by atoms with van der Waals surface area (Å²) in [6, 6.07) is 0.429. The zero-order valence-electron chi connectivity index (χ0n) is 21.1. The second-order valence-corrected chi connectivity index (χ2v) is 11.2. The zero-order valence-corrected chi connectivity index (χ0v) is 24.3. The normalized spacial score (nSPS) is 13.2. The van der Waals surface area contributed by atoms with Gasteiger partial charge in [-0.1, -0.05) is 40.9 Å². The minimum absolute atomic E-state index is 0. The van der Waals surface area contributed by atoms with Crippen molar-refractivity contribution in [1.29, 1.82) is 0 Å². The van der Waals surface area contributed by atoms with Gasteiger partial charge in [-0.15, -0.1) is 0 Å². The summed E-state index contributed by atoms with van der Waals surface area (Å²) in [5.41, 5.74) is -0.0465. The Morgan fingerprint density at radius 1 is 0.839 bits per heavy atom. The monoisotopic (exact) mass is 568 g/mol. The topological polar surface area (TPSA) is 58.2 Å². The summed E-state index contributed by atoms with van der Waals surface area (Å²) >= 11 is 0. The van der Waals surface area contributed by atoms with E-state index >= 15 is 0 Å². The average Bonchev–Trinajstić information content (AvgIpc) is 2.55. The van der Waals surface area contributed by atoms with Gasteiger partial charge in [0.05, 0.1) is 41.3 Å². The summed E-state index contributed by atoms with van der Waals surface area (Å²) in [5, 5.41) is 5.85. The highest BCUT2D eigenvalue weighted by molar-refractivity contribution is 5.87. The molecule has 0 bridgehead atoms. The number of rotatable bonds is 13. The van der Waals surface area contributed by atoms with E-state index in [9.17, 15) is 9.59 Å². The number of carbonyl (C=O) groups excluding carboxylic acids is 2. The summed E-state index contributed by atoms with van der Waals surface area (Å²) < 4.78 is 1.74. The first kappa shape index (κ1) is 34.9. The first-order valence-corrected chi connectivity index (χ1v) is 10.4. The Morgan fingerprint density at radius 3 is 1.55 bits per heavy atom. The van der Waals surface area contributed by atoms with Gasteiger partial charge in [0, 0.05) is 23.9 Å². The molecule has 0 fully saturated rings. The third-order valence-electron chi connectivity index (χ3n) is 5.50. The quantitative estimate of drug-likeness (QED) is 0.177. The standard InChI is InChI=1S/C23H44N4O2.2BrH/c1-12-20(28)24-15-22(4,5)17-26(8,9)14-19(3)27(10,11)18-23(6,7)16-25-21(29)13-2;;/h12-13,19H,1-2,14-18H2,3-11H3;2*1H. The van der Waals surface area contributed by atoms with Crippen molar-refractivity contribution in [1.82, 2.24) is 10.6 Å². The number of likely N-dealkylation sites (N-methyl/N-ethyl adjacent to an activating group) is 2. The third-order valence-corrected chi connectivity index (χ3v) is 5.50. The molecule has 0 saturated heterocycles. The van der Waals surface area contributed by atoms with Gasteiger partial charge in [0.15, 0.2) is 0 Å². The number of nitrogens with one attached hydrogen (secondary N) is 2. The Labute approximate surface area is 212 Å². The molecule has 0 spiro atoms. The highest BCUT2D eigenvalue weighted by Gasteiger charge is 2.38. The van der Waals surface area contributed by atoms with Crippen molar-refractivity contribution in [2.45, 2.75) is 40.7 Å². The summed E-state index contributed by atoms with van der Waals surface area (Å²) in [4.78, 5) is 23.0. The maximum absolute atomic E-state index is 11.5. The Hall–Kier alpha value is -0.700. The van der Waals surface area contributed by atoms with Gasteiger partial charge in [0.2, 0.25) is 11.8 Å². The molecule has 2 N–H and O–H groups in total. The highest BCUT2D eigenvalue weighted by atomic mass is 79.9. The zero-order chi connectivity index (χ0) is 23.1. The molecule has 0 aliphatic heterocycles. The molecule has 1 unspecified atom stereocenters. The van der Waals surface area contributed by atoms with Crippen LogP contribution in [0.1, 0.15) is 34.6 Å². The van der Waals surface area contributed by atoms with Gasteiger partial charge in [-0.2, -0.15) is 0 Å². The van der Waals surface area contributed by atoms with E-state index in [1.54, 1.807) is 0 Å². The van der Waals surface area contributed by atoms with E-state index in [4.69, 9.17) is 0 Å². The predicted octanol–water partition coefficient (Wildman–Crippen LogP) is -3.81. The molecular formula is C23H46Br2N4O2. The van der Waals surface area contributed by atoms with Gasteiger partial charge in [-0.25, -0.2) is 0 Å². The Morgan fingerprint density at radius 2 is 1.19 bits per heavy atom. The van der Waals surface area contributed by atoms with Crippen LogP contribution in [0.2, 0.25) is 0 Å². The van der Waals surface area contributed by atoms with Gasteiger partial charge in [0.25, 0.3) is 0 Å². The molecule has 31 heavy (non-hydrogen) atoms. The molecule has 0 rings (SSSR count). The van der Waals surface area contributed by atoms with E-state index in [0.717, 1.165) is 28.6 Å².